The number of rotatable bonds is 5. The zero-order valence-corrected chi connectivity index (χ0v) is 9.97. The highest BCUT2D eigenvalue weighted by atomic mass is 35.5. The zero-order valence-electron chi connectivity index (χ0n) is 9.15. The predicted octanol–water partition coefficient (Wildman–Crippen LogP) is 2.03. The van der Waals surface area contributed by atoms with E-state index in [1.165, 1.54) is 7.11 Å². The third kappa shape index (κ3) is 3.63. The molecule has 1 aromatic rings. The van der Waals surface area contributed by atoms with E-state index < -0.39 is 11.9 Å². The van der Waals surface area contributed by atoms with E-state index in [4.69, 9.17) is 15.6 Å². The molecular weight excluding hydrogens is 233 g/mol. The van der Waals surface area contributed by atoms with Crippen LogP contribution in [0, 0.1) is 5.82 Å². The van der Waals surface area contributed by atoms with Crippen LogP contribution in [0.1, 0.15) is 24.4 Å². The Hall–Kier alpha value is -0.840. The maximum absolute atomic E-state index is 13.7. The van der Waals surface area contributed by atoms with E-state index in [-0.39, 0.29) is 24.8 Å². The number of hydrogen-bond acceptors (Lipinski definition) is 3. The summed E-state index contributed by atoms with van der Waals surface area (Å²) in [7, 11) is 1.42. The summed E-state index contributed by atoms with van der Waals surface area (Å²) < 4.78 is 18.5. The lowest BCUT2D eigenvalue weighted by Gasteiger charge is -2.13. The van der Waals surface area contributed by atoms with Crippen LogP contribution in [-0.4, -0.2) is 18.8 Å². The normalized spacial score (nSPS) is 11.8. The molecule has 1 atom stereocenters. The molecular formula is C11H17ClFNO2. The molecule has 1 rings (SSSR count). The van der Waals surface area contributed by atoms with E-state index in [2.05, 4.69) is 0 Å². The topological polar surface area (TPSA) is 55.5 Å². The minimum absolute atomic E-state index is 0. The average molecular weight is 250 g/mol. The van der Waals surface area contributed by atoms with Gasteiger partial charge in [-0.1, -0.05) is 12.1 Å². The Morgan fingerprint density at radius 3 is 2.75 bits per heavy atom. The van der Waals surface area contributed by atoms with E-state index in [0.29, 0.717) is 18.4 Å². The zero-order chi connectivity index (χ0) is 11.3. The highest BCUT2D eigenvalue weighted by Gasteiger charge is 2.14. The second-order valence-electron chi connectivity index (χ2n) is 3.34. The Balaban J connectivity index is 0.00000225. The monoisotopic (exact) mass is 249 g/mol. The number of aliphatic hydroxyl groups is 1. The standard InChI is InChI=1S/C11H16FNO2.ClH/c1-15-10-6-2-4-8(11(10)12)9(13)5-3-7-14;/h2,4,6,9,14H,3,5,7,13H2,1H3;1H/t9-;/m1./s1. The molecule has 0 spiro atoms. The molecule has 92 valence electrons. The van der Waals surface area contributed by atoms with Crippen molar-refractivity contribution in [2.24, 2.45) is 5.73 Å². The first-order valence-electron chi connectivity index (χ1n) is 4.89. The van der Waals surface area contributed by atoms with Gasteiger partial charge in [-0.15, -0.1) is 12.4 Å². The Bertz CT molecular complexity index is 323. The number of halogens is 2. The van der Waals surface area contributed by atoms with E-state index >= 15 is 0 Å². The molecule has 1 aromatic carbocycles. The van der Waals surface area contributed by atoms with Gasteiger partial charge in [-0.2, -0.15) is 0 Å². The molecule has 0 aliphatic heterocycles. The van der Waals surface area contributed by atoms with Gasteiger partial charge in [-0.3, -0.25) is 0 Å². The first-order valence-corrected chi connectivity index (χ1v) is 4.89. The summed E-state index contributed by atoms with van der Waals surface area (Å²) in [4.78, 5) is 0. The molecule has 3 nitrogen and oxygen atoms in total. The number of ether oxygens (including phenoxy) is 1. The van der Waals surface area contributed by atoms with Crippen molar-refractivity contribution in [2.45, 2.75) is 18.9 Å². The third-order valence-corrected chi connectivity index (χ3v) is 2.29. The lowest BCUT2D eigenvalue weighted by molar-refractivity contribution is 0.279. The molecule has 0 aliphatic carbocycles. The van der Waals surface area contributed by atoms with Crippen LogP contribution >= 0.6 is 12.4 Å². The van der Waals surface area contributed by atoms with E-state index in [1.807, 2.05) is 0 Å². The average Bonchev–Trinajstić information content (AvgIpc) is 2.26. The summed E-state index contributed by atoms with van der Waals surface area (Å²) in [5.74, 6) is -0.211. The van der Waals surface area contributed by atoms with Crippen molar-refractivity contribution < 1.29 is 14.2 Å². The van der Waals surface area contributed by atoms with Crippen LogP contribution in [0.4, 0.5) is 4.39 Å². The van der Waals surface area contributed by atoms with Crippen molar-refractivity contribution in [1.29, 1.82) is 0 Å². The molecule has 0 saturated heterocycles. The fraction of sp³-hybridized carbons (Fsp3) is 0.455. The Morgan fingerprint density at radius 2 is 2.19 bits per heavy atom. The second kappa shape index (κ2) is 7.44. The van der Waals surface area contributed by atoms with E-state index in [9.17, 15) is 4.39 Å². The summed E-state index contributed by atoms with van der Waals surface area (Å²) in [6.07, 6.45) is 1.12. The third-order valence-electron chi connectivity index (χ3n) is 2.29. The fourth-order valence-electron chi connectivity index (χ4n) is 1.44. The summed E-state index contributed by atoms with van der Waals surface area (Å²) in [5.41, 5.74) is 6.23. The van der Waals surface area contributed by atoms with Gasteiger partial charge in [0, 0.05) is 18.2 Å². The Morgan fingerprint density at radius 1 is 1.50 bits per heavy atom. The van der Waals surface area contributed by atoms with Gasteiger partial charge in [0.15, 0.2) is 11.6 Å². The van der Waals surface area contributed by atoms with Gasteiger partial charge in [0.2, 0.25) is 0 Å². The van der Waals surface area contributed by atoms with E-state index in [0.717, 1.165) is 0 Å². The molecule has 0 amide bonds. The quantitative estimate of drug-likeness (QED) is 0.840. The summed E-state index contributed by atoms with van der Waals surface area (Å²) in [6.45, 7) is 0.0687. The minimum atomic E-state index is -0.412. The van der Waals surface area contributed by atoms with Crippen molar-refractivity contribution in [3.63, 3.8) is 0 Å². The van der Waals surface area contributed by atoms with Crippen molar-refractivity contribution in [3.05, 3.63) is 29.6 Å². The Kier molecular flexibility index (Phi) is 7.05. The second-order valence-corrected chi connectivity index (χ2v) is 3.34. The Labute approximate surface area is 101 Å². The van der Waals surface area contributed by atoms with Gasteiger partial charge in [0.05, 0.1) is 7.11 Å². The first-order chi connectivity index (χ1) is 7.20. The number of aliphatic hydroxyl groups excluding tert-OH is 1. The fourth-order valence-corrected chi connectivity index (χ4v) is 1.44. The van der Waals surface area contributed by atoms with Crippen molar-refractivity contribution in [2.75, 3.05) is 13.7 Å². The van der Waals surface area contributed by atoms with Gasteiger partial charge in [-0.05, 0) is 18.9 Å². The molecule has 16 heavy (non-hydrogen) atoms. The number of methoxy groups -OCH3 is 1. The predicted molar refractivity (Wildman–Crippen MR) is 63.4 cm³/mol. The van der Waals surface area contributed by atoms with Gasteiger partial charge in [0.25, 0.3) is 0 Å². The number of nitrogens with two attached hydrogens (primary N) is 1. The lowest BCUT2D eigenvalue weighted by atomic mass is 10.0. The lowest BCUT2D eigenvalue weighted by Crippen LogP contribution is -2.13. The maximum atomic E-state index is 13.7. The highest BCUT2D eigenvalue weighted by molar-refractivity contribution is 5.85. The van der Waals surface area contributed by atoms with Crippen molar-refractivity contribution in [1.82, 2.24) is 0 Å². The molecule has 0 fully saturated rings. The minimum Gasteiger partial charge on any atom is -0.494 e. The largest absolute Gasteiger partial charge is 0.494 e. The summed E-state index contributed by atoms with van der Waals surface area (Å²) in [6, 6.07) is 4.50. The number of hydrogen-bond donors (Lipinski definition) is 2. The van der Waals surface area contributed by atoms with Crippen LogP contribution in [0.5, 0.6) is 5.75 Å². The maximum Gasteiger partial charge on any atom is 0.169 e. The molecule has 0 heterocycles. The molecule has 0 bridgehead atoms. The van der Waals surface area contributed by atoms with Crippen LogP contribution in [0.3, 0.4) is 0 Å². The smallest absolute Gasteiger partial charge is 0.169 e. The van der Waals surface area contributed by atoms with Crippen LogP contribution in [0.2, 0.25) is 0 Å². The highest BCUT2D eigenvalue weighted by Crippen LogP contribution is 2.25. The van der Waals surface area contributed by atoms with Crippen LogP contribution in [0.15, 0.2) is 18.2 Å². The molecule has 0 unspecified atom stereocenters. The van der Waals surface area contributed by atoms with Gasteiger partial charge in [-0.25, -0.2) is 4.39 Å². The van der Waals surface area contributed by atoms with Gasteiger partial charge < -0.3 is 15.6 Å². The molecule has 0 radical (unpaired) electrons. The van der Waals surface area contributed by atoms with Gasteiger partial charge >= 0.3 is 0 Å². The SMILES string of the molecule is COc1cccc([C@H](N)CCCO)c1F.Cl. The molecule has 5 heteroatoms. The van der Waals surface area contributed by atoms with Crippen LogP contribution in [0.25, 0.3) is 0 Å². The summed E-state index contributed by atoms with van der Waals surface area (Å²) >= 11 is 0. The first kappa shape index (κ1) is 15.2. The van der Waals surface area contributed by atoms with Crippen molar-refractivity contribution >= 4 is 12.4 Å². The molecule has 3 N–H and O–H groups in total. The molecule has 0 aromatic heterocycles. The van der Waals surface area contributed by atoms with Crippen LogP contribution < -0.4 is 10.5 Å². The summed E-state index contributed by atoms with van der Waals surface area (Å²) in [5, 5.41) is 8.66. The molecule has 0 aliphatic rings. The van der Waals surface area contributed by atoms with Crippen molar-refractivity contribution in [3.8, 4) is 5.75 Å². The van der Waals surface area contributed by atoms with Crippen LogP contribution in [-0.2, 0) is 0 Å². The number of benzene rings is 1. The molecule has 0 saturated carbocycles. The van der Waals surface area contributed by atoms with Gasteiger partial charge in [0.1, 0.15) is 0 Å². The van der Waals surface area contributed by atoms with E-state index in [1.54, 1.807) is 18.2 Å².